The summed E-state index contributed by atoms with van der Waals surface area (Å²) in [5, 5.41) is 16.8. The number of aliphatic hydroxyl groups excluding tert-OH is 1. The molecule has 2 N–H and O–H groups in total. The summed E-state index contributed by atoms with van der Waals surface area (Å²) in [6.45, 7) is 1.57. The minimum absolute atomic E-state index is 0.154. The van der Waals surface area contributed by atoms with E-state index in [1.165, 1.54) is 0 Å². The number of nitrogens with zero attached hydrogens (tertiary/aromatic N) is 2. The van der Waals surface area contributed by atoms with Crippen LogP contribution in [0.5, 0.6) is 0 Å². The van der Waals surface area contributed by atoms with Crippen molar-refractivity contribution in [1.29, 1.82) is 0 Å². The van der Waals surface area contributed by atoms with E-state index in [2.05, 4.69) is 10.4 Å². The van der Waals surface area contributed by atoms with Crippen LogP contribution in [0.1, 0.15) is 6.92 Å². The van der Waals surface area contributed by atoms with Crippen LogP contribution in [0.15, 0.2) is 35.3 Å². The number of hydrogen-bond acceptors (Lipinski definition) is 4. The van der Waals surface area contributed by atoms with E-state index in [1.54, 1.807) is 31.3 Å². The molecule has 0 saturated carbocycles. The lowest BCUT2D eigenvalue weighted by atomic mass is 10.2. The molecule has 1 atom stereocenters. The number of carbonyl (C=O) groups is 1. The molecule has 6 nitrogen and oxygen atoms in total. The highest BCUT2D eigenvalue weighted by Crippen LogP contribution is 2.06. The molecule has 2 aromatic rings. The maximum absolute atomic E-state index is 12.1. The van der Waals surface area contributed by atoms with Gasteiger partial charge in [-0.1, -0.05) is 18.2 Å². The van der Waals surface area contributed by atoms with E-state index in [0.717, 1.165) is 10.1 Å². The first-order valence-corrected chi connectivity index (χ1v) is 5.97. The Kier molecular flexibility index (Phi) is 3.91. The first kappa shape index (κ1) is 13.2. The van der Waals surface area contributed by atoms with Crippen molar-refractivity contribution in [3.8, 4) is 0 Å². The van der Waals surface area contributed by atoms with Gasteiger partial charge in [-0.25, -0.2) is 4.68 Å². The first-order chi connectivity index (χ1) is 9.08. The molecule has 0 saturated heterocycles. The van der Waals surface area contributed by atoms with Crippen molar-refractivity contribution < 1.29 is 9.90 Å². The molecule has 100 valence electrons. The Hall–Kier alpha value is -2.21. The highest BCUT2D eigenvalue weighted by atomic mass is 16.3. The summed E-state index contributed by atoms with van der Waals surface area (Å²) < 4.78 is 1.11. The van der Waals surface area contributed by atoms with Gasteiger partial charge in [-0.3, -0.25) is 9.59 Å². The average Bonchev–Trinajstić information content (AvgIpc) is 2.40. The van der Waals surface area contributed by atoms with Crippen LogP contribution >= 0.6 is 0 Å². The molecule has 0 fully saturated rings. The molecule has 19 heavy (non-hydrogen) atoms. The molecular weight excluding hydrogens is 246 g/mol. The molecule has 0 aliphatic carbocycles. The van der Waals surface area contributed by atoms with Crippen molar-refractivity contribution in [2.75, 3.05) is 6.54 Å². The lowest BCUT2D eigenvalue weighted by Gasteiger charge is -2.08. The minimum Gasteiger partial charge on any atom is -0.392 e. The minimum atomic E-state index is -0.620. The zero-order valence-corrected chi connectivity index (χ0v) is 10.5. The first-order valence-electron chi connectivity index (χ1n) is 5.97. The van der Waals surface area contributed by atoms with Crippen molar-refractivity contribution in [3.63, 3.8) is 0 Å². The molecular formula is C13H15N3O3. The Balaban J connectivity index is 2.20. The van der Waals surface area contributed by atoms with Gasteiger partial charge in [0.2, 0.25) is 5.91 Å². The fraction of sp³-hybridized carbons (Fsp3) is 0.308. The summed E-state index contributed by atoms with van der Waals surface area (Å²) in [7, 11) is 0. The van der Waals surface area contributed by atoms with Gasteiger partial charge in [-0.2, -0.15) is 5.10 Å². The van der Waals surface area contributed by atoms with E-state index in [1.807, 2.05) is 6.07 Å². The van der Waals surface area contributed by atoms with Crippen molar-refractivity contribution in [3.05, 3.63) is 40.8 Å². The number of fused-ring (bicyclic) bond motifs is 1. The number of aliphatic hydroxyl groups is 1. The molecule has 1 amide bonds. The third kappa shape index (κ3) is 3.17. The number of hydrogen-bond donors (Lipinski definition) is 2. The molecule has 1 heterocycles. The quantitative estimate of drug-likeness (QED) is 0.804. The Morgan fingerprint density at radius 3 is 2.95 bits per heavy atom. The SMILES string of the molecule is CC(O)CNC(=O)Cn1ncc2ccccc2c1=O. The predicted octanol–water partition coefficient (Wildman–Crippen LogP) is -0.107. The van der Waals surface area contributed by atoms with Crippen LogP contribution < -0.4 is 10.9 Å². The predicted molar refractivity (Wildman–Crippen MR) is 70.7 cm³/mol. The normalized spacial score (nSPS) is 12.3. The highest BCUT2D eigenvalue weighted by Gasteiger charge is 2.08. The third-order valence-corrected chi connectivity index (χ3v) is 2.65. The van der Waals surface area contributed by atoms with Gasteiger partial charge in [-0.15, -0.1) is 0 Å². The molecule has 0 bridgehead atoms. The smallest absolute Gasteiger partial charge is 0.275 e. The summed E-state index contributed by atoms with van der Waals surface area (Å²) in [4.78, 5) is 23.7. The lowest BCUT2D eigenvalue weighted by Crippen LogP contribution is -2.36. The van der Waals surface area contributed by atoms with Gasteiger partial charge < -0.3 is 10.4 Å². The van der Waals surface area contributed by atoms with Gasteiger partial charge in [-0.05, 0) is 13.0 Å². The fourth-order valence-corrected chi connectivity index (χ4v) is 1.69. The van der Waals surface area contributed by atoms with Gasteiger partial charge in [0.1, 0.15) is 6.54 Å². The summed E-state index contributed by atoms with van der Waals surface area (Å²) in [5.41, 5.74) is -0.301. The number of aromatic nitrogens is 2. The van der Waals surface area contributed by atoms with E-state index < -0.39 is 6.10 Å². The van der Waals surface area contributed by atoms with E-state index in [4.69, 9.17) is 5.11 Å². The third-order valence-electron chi connectivity index (χ3n) is 2.65. The van der Waals surface area contributed by atoms with E-state index in [9.17, 15) is 9.59 Å². The molecule has 1 aromatic heterocycles. The van der Waals surface area contributed by atoms with Crippen molar-refractivity contribution >= 4 is 16.7 Å². The van der Waals surface area contributed by atoms with Gasteiger partial charge in [0.15, 0.2) is 0 Å². The van der Waals surface area contributed by atoms with Gasteiger partial charge in [0.05, 0.1) is 17.7 Å². The molecule has 1 aromatic carbocycles. The topological polar surface area (TPSA) is 84.2 Å². The molecule has 0 radical (unpaired) electrons. The number of benzene rings is 1. The maximum Gasteiger partial charge on any atom is 0.275 e. The largest absolute Gasteiger partial charge is 0.392 e. The Bertz CT molecular complexity index is 649. The standard InChI is InChI=1S/C13H15N3O3/c1-9(17)6-14-12(18)8-16-13(19)11-5-3-2-4-10(11)7-15-16/h2-5,7,9,17H,6,8H2,1H3,(H,14,18). The molecule has 1 unspecified atom stereocenters. The molecule has 0 spiro atoms. The van der Waals surface area contributed by atoms with Crippen molar-refractivity contribution in [2.24, 2.45) is 0 Å². The fourth-order valence-electron chi connectivity index (χ4n) is 1.69. The Labute approximate surface area is 109 Å². The van der Waals surface area contributed by atoms with Crippen molar-refractivity contribution in [2.45, 2.75) is 19.6 Å². The number of amides is 1. The summed E-state index contributed by atoms with van der Waals surface area (Å²) >= 11 is 0. The van der Waals surface area contributed by atoms with Crippen LogP contribution in [0.2, 0.25) is 0 Å². The second-order valence-electron chi connectivity index (χ2n) is 4.35. The summed E-state index contributed by atoms with van der Waals surface area (Å²) in [6.07, 6.45) is 0.934. The van der Waals surface area contributed by atoms with Crippen LogP contribution in [0.4, 0.5) is 0 Å². The lowest BCUT2D eigenvalue weighted by molar-refractivity contribution is -0.122. The summed E-state index contributed by atoms with van der Waals surface area (Å²) in [6, 6.07) is 7.08. The monoisotopic (exact) mass is 261 g/mol. The van der Waals surface area contributed by atoms with Crippen LogP contribution in [-0.2, 0) is 11.3 Å². The van der Waals surface area contributed by atoms with Crippen LogP contribution in [-0.4, -0.2) is 33.4 Å². The molecule has 0 aliphatic heterocycles. The maximum atomic E-state index is 12.1. The van der Waals surface area contributed by atoms with Gasteiger partial charge in [0, 0.05) is 11.9 Å². The summed E-state index contributed by atoms with van der Waals surface area (Å²) in [5.74, 6) is -0.356. The van der Waals surface area contributed by atoms with Crippen LogP contribution in [0.3, 0.4) is 0 Å². The second-order valence-corrected chi connectivity index (χ2v) is 4.35. The highest BCUT2D eigenvalue weighted by molar-refractivity contribution is 5.81. The average molecular weight is 261 g/mol. The van der Waals surface area contributed by atoms with Crippen LogP contribution in [0, 0.1) is 0 Å². The zero-order chi connectivity index (χ0) is 13.8. The van der Waals surface area contributed by atoms with Crippen molar-refractivity contribution in [1.82, 2.24) is 15.1 Å². The van der Waals surface area contributed by atoms with Gasteiger partial charge in [0.25, 0.3) is 5.56 Å². The molecule has 0 aliphatic rings. The van der Waals surface area contributed by atoms with Gasteiger partial charge >= 0.3 is 0 Å². The Morgan fingerprint density at radius 2 is 2.21 bits per heavy atom. The number of rotatable bonds is 4. The van der Waals surface area contributed by atoms with Crippen LogP contribution in [0.25, 0.3) is 10.8 Å². The Morgan fingerprint density at radius 1 is 1.47 bits per heavy atom. The number of nitrogens with one attached hydrogen (secondary N) is 1. The van der Waals surface area contributed by atoms with E-state index in [0.29, 0.717) is 5.39 Å². The molecule has 2 rings (SSSR count). The second kappa shape index (κ2) is 5.62. The zero-order valence-electron chi connectivity index (χ0n) is 10.5. The number of carbonyl (C=O) groups excluding carboxylic acids is 1. The van der Waals surface area contributed by atoms with E-state index >= 15 is 0 Å². The van der Waals surface area contributed by atoms with E-state index in [-0.39, 0.29) is 24.6 Å². The molecule has 6 heteroatoms.